The minimum atomic E-state index is -3.32. The fraction of sp³-hybridized carbons (Fsp3) is 0.400. The average Bonchev–Trinajstić information content (AvgIpc) is 3.74. The monoisotopic (exact) mass is 577 g/mol. The number of benzene rings is 2. The Kier molecular flexibility index (Phi) is 7.76. The van der Waals surface area contributed by atoms with Crippen LogP contribution in [-0.2, 0) is 10.0 Å². The molecule has 0 spiro atoms. The second-order valence-electron chi connectivity index (χ2n) is 10.8. The van der Waals surface area contributed by atoms with E-state index in [1.165, 1.54) is 0 Å². The molecule has 2 aliphatic heterocycles. The van der Waals surface area contributed by atoms with Crippen LogP contribution in [0, 0.1) is 0 Å². The third-order valence-corrected chi connectivity index (χ3v) is 11.3. The quantitative estimate of drug-likeness (QED) is 0.287. The van der Waals surface area contributed by atoms with Gasteiger partial charge in [0.15, 0.2) is 0 Å². The van der Waals surface area contributed by atoms with Crippen molar-refractivity contribution in [1.29, 1.82) is 0 Å². The lowest BCUT2D eigenvalue weighted by atomic mass is 9.88. The SMILES string of the molecule is NC(=O)c1cc(-c2ccccc2)cc2c(C3CCN(S(=O)(=O)CCCN4CCCC4c4nccs4)CC3)c[nH]c12. The van der Waals surface area contributed by atoms with Gasteiger partial charge in [-0.2, -0.15) is 0 Å². The Morgan fingerprint density at radius 1 is 1.07 bits per heavy atom. The lowest BCUT2D eigenvalue weighted by Crippen LogP contribution is -2.39. The molecule has 2 saturated heterocycles. The smallest absolute Gasteiger partial charge is 0.250 e. The number of fused-ring (bicyclic) bond motifs is 1. The number of thiazole rings is 1. The Bertz CT molecular complexity index is 1580. The summed E-state index contributed by atoms with van der Waals surface area (Å²) in [5, 5.41) is 4.13. The lowest BCUT2D eigenvalue weighted by Gasteiger charge is -2.31. The number of aromatic amines is 1. The first-order valence-corrected chi connectivity index (χ1v) is 16.5. The van der Waals surface area contributed by atoms with Crippen LogP contribution in [0.25, 0.3) is 22.0 Å². The highest BCUT2D eigenvalue weighted by Crippen LogP contribution is 2.37. The van der Waals surface area contributed by atoms with Crippen molar-refractivity contribution in [2.45, 2.75) is 44.1 Å². The molecular weight excluding hydrogens is 542 g/mol. The second-order valence-corrected chi connectivity index (χ2v) is 13.8. The summed E-state index contributed by atoms with van der Waals surface area (Å²) >= 11 is 1.68. The van der Waals surface area contributed by atoms with E-state index in [0.717, 1.165) is 71.4 Å². The number of hydrogen-bond donors (Lipinski definition) is 2. The maximum absolute atomic E-state index is 13.2. The van der Waals surface area contributed by atoms with Crippen molar-refractivity contribution in [2.75, 3.05) is 31.9 Å². The molecule has 40 heavy (non-hydrogen) atoms. The van der Waals surface area contributed by atoms with Crippen molar-refractivity contribution in [1.82, 2.24) is 19.2 Å². The van der Waals surface area contributed by atoms with Crippen molar-refractivity contribution in [3.63, 3.8) is 0 Å². The van der Waals surface area contributed by atoms with E-state index in [4.69, 9.17) is 5.73 Å². The van der Waals surface area contributed by atoms with Crippen molar-refractivity contribution in [2.24, 2.45) is 5.73 Å². The standard InChI is InChI=1S/C30H35N5O3S2/c31-29(36)25-19-23(21-6-2-1-3-7-21)18-24-26(20-33-28(24)25)22-9-14-35(15-10-22)40(37,38)17-5-13-34-12-4-8-27(34)30-32-11-16-39-30/h1-3,6-7,11,16,18-20,22,27,33H,4-5,8-10,12-15,17H2,(H2,31,36). The van der Waals surface area contributed by atoms with E-state index in [9.17, 15) is 13.2 Å². The Balaban J connectivity index is 1.12. The van der Waals surface area contributed by atoms with Gasteiger partial charge in [-0.15, -0.1) is 11.3 Å². The summed E-state index contributed by atoms with van der Waals surface area (Å²) in [5.41, 5.74) is 10.1. The van der Waals surface area contributed by atoms with Crippen LogP contribution in [0.1, 0.15) is 65.0 Å². The topological polar surface area (TPSA) is 112 Å². The highest BCUT2D eigenvalue weighted by molar-refractivity contribution is 7.89. The van der Waals surface area contributed by atoms with Crippen LogP contribution in [-0.4, -0.2) is 65.4 Å². The predicted molar refractivity (Wildman–Crippen MR) is 160 cm³/mol. The van der Waals surface area contributed by atoms with E-state index < -0.39 is 15.9 Å². The number of primary amides is 1. The summed E-state index contributed by atoms with van der Waals surface area (Å²) in [7, 11) is -3.32. The Morgan fingerprint density at radius 2 is 1.88 bits per heavy atom. The van der Waals surface area contributed by atoms with Crippen molar-refractivity contribution in [3.8, 4) is 11.1 Å². The van der Waals surface area contributed by atoms with E-state index >= 15 is 0 Å². The maximum atomic E-state index is 13.2. The van der Waals surface area contributed by atoms with E-state index in [1.807, 2.05) is 54.2 Å². The van der Waals surface area contributed by atoms with Crippen LogP contribution in [0.5, 0.6) is 0 Å². The molecule has 0 aliphatic carbocycles. The predicted octanol–water partition coefficient (Wildman–Crippen LogP) is 5.13. The molecule has 0 radical (unpaired) electrons. The molecule has 2 aromatic heterocycles. The lowest BCUT2D eigenvalue weighted by molar-refractivity contribution is 0.100. The largest absolute Gasteiger partial charge is 0.366 e. The Hall–Kier alpha value is -3.05. The van der Waals surface area contributed by atoms with Gasteiger partial charge in [0.1, 0.15) is 5.01 Å². The van der Waals surface area contributed by atoms with Gasteiger partial charge in [-0.1, -0.05) is 30.3 Å². The van der Waals surface area contributed by atoms with Crippen molar-refractivity contribution >= 4 is 38.2 Å². The molecule has 2 fully saturated rings. The first-order chi connectivity index (χ1) is 19.4. The molecule has 210 valence electrons. The molecule has 3 N–H and O–H groups in total. The minimum absolute atomic E-state index is 0.175. The van der Waals surface area contributed by atoms with E-state index in [1.54, 1.807) is 15.6 Å². The van der Waals surface area contributed by atoms with Crippen molar-refractivity contribution in [3.05, 3.63) is 76.4 Å². The molecular formula is C30H35N5O3S2. The molecule has 4 aromatic rings. The average molecular weight is 578 g/mol. The molecule has 0 bridgehead atoms. The number of H-pyrrole nitrogens is 1. The fourth-order valence-electron chi connectivity index (χ4n) is 6.38. The number of nitrogens with two attached hydrogens (primary N) is 1. The molecule has 0 saturated carbocycles. The number of aromatic nitrogens is 2. The van der Waals surface area contributed by atoms with Crippen LogP contribution in [0.4, 0.5) is 0 Å². The van der Waals surface area contributed by atoms with Gasteiger partial charge in [-0.3, -0.25) is 9.69 Å². The number of nitrogens with zero attached hydrogens (tertiary/aromatic N) is 3. The molecule has 2 aliphatic rings. The highest BCUT2D eigenvalue weighted by Gasteiger charge is 2.31. The number of likely N-dealkylation sites (tertiary alicyclic amines) is 1. The fourth-order valence-corrected chi connectivity index (χ4v) is 8.71. The van der Waals surface area contributed by atoms with E-state index in [-0.39, 0.29) is 11.7 Å². The summed E-state index contributed by atoms with van der Waals surface area (Å²) in [6.45, 7) is 2.79. The van der Waals surface area contributed by atoms with Gasteiger partial charge in [-0.25, -0.2) is 17.7 Å². The van der Waals surface area contributed by atoms with Crippen LogP contribution in [0.3, 0.4) is 0 Å². The van der Waals surface area contributed by atoms with E-state index in [0.29, 0.717) is 31.1 Å². The number of rotatable bonds is 9. The minimum Gasteiger partial charge on any atom is -0.366 e. The first-order valence-electron chi connectivity index (χ1n) is 14.0. The van der Waals surface area contributed by atoms with E-state index in [2.05, 4.69) is 20.9 Å². The highest BCUT2D eigenvalue weighted by atomic mass is 32.2. The van der Waals surface area contributed by atoms with Crippen LogP contribution >= 0.6 is 11.3 Å². The Labute approximate surface area is 239 Å². The van der Waals surface area contributed by atoms with Gasteiger partial charge in [-0.05, 0) is 79.9 Å². The molecule has 2 aromatic carbocycles. The molecule has 1 amide bonds. The van der Waals surface area contributed by atoms with Gasteiger partial charge < -0.3 is 10.7 Å². The Morgan fingerprint density at radius 3 is 2.60 bits per heavy atom. The third kappa shape index (κ3) is 5.45. The third-order valence-electron chi connectivity index (χ3n) is 8.43. The zero-order valence-corrected chi connectivity index (χ0v) is 24.1. The summed E-state index contributed by atoms with van der Waals surface area (Å²) in [6, 6.07) is 14.2. The van der Waals surface area contributed by atoms with Gasteiger partial charge in [0, 0.05) is 36.2 Å². The number of amides is 1. The van der Waals surface area contributed by atoms with Crippen LogP contribution in [0.15, 0.2) is 60.2 Å². The normalized spacial score (nSPS) is 19.4. The number of nitrogens with one attached hydrogen (secondary N) is 1. The summed E-state index contributed by atoms with van der Waals surface area (Å²) in [6.07, 6.45) is 8.15. The zero-order chi connectivity index (χ0) is 27.7. The zero-order valence-electron chi connectivity index (χ0n) is 22.5. The number of piperidine rings is 1. The number of hydrogen-bond acceptors (Lipinski definition) is 6. The summed E-state index contributed by atoms with van der Waals surface area (Å²) in [4.78, 5) is 22.5. The van der Waals surface area contributed by atoms with Crippen LogP contribution < -0.4 is 5.73 Å². The molecule has 8 nitrogen and oxygen atoms in total. The van der Waals surface area contributed by atoms with Gasteiger partial charge in [0.2, 0.25) is 10.0 Å². The van der Waals surface area contributed by atoms with Gasteiger partial charge in [0.25, 0.3) is 5.91 Å². The van der Waals surface area contributed by atoms with Crippen molar-refractivity contribution < 1.29 is 13.2 Å². The van der Waals surface area contributed by atoms with Gasteiger partial charge in [0.05, 0.1) is 22.9 Å². The molecule has 10 heteroatoms. The maximum Gasteiger partial charge on any atom is 0.250 e. The molecule has 1 unspecified atom stereocenters. The second kappa shape index (κ2) is 11.4. The summed E-state index contributed by atoms with van der Waals surface area (Å²) < 4.78 is 28.1. The number of carbonyl (C=O) groups excluding carboxylic acids is 1. The van der Waals surface area contributed by atoms with Gasteiger partial charge >= 0.3 is 0 Å². The first kappa shape index (κ1) is 27.1. The number of sulfonamides is 1. The molecule has 6 rings (SSSR count). The summed E-state index contributed by atoms with van der Waals surface area (Å²) in [5.74, 6) is -0.0894. The molecule has 4 heterocycles. The number of carbonyl (C=O) groups is 1. The van der Waals surface area contributed by atoms with Crippen LogP contribution in [0.2, 0.25) is 0 Å². The molecule has 1 atom stereocenters.